The molecule has 2 aromatic carbocycles. The minimum absolute atomic E-state index is 0.0754. The summed E-state index contributed by atoms with van der Waals surface area (Å²) in [6, 6.07) is 19.8. The first-order valence-corrected chi connectivity index (χ1v) is 7.40. The van der Waals surface area contributed by atoms with Gasteiger partial charge in [-0.05, 0) is 34.7 Å². The zero-order valence-electron chi connectivity index (χ0n) is 10.9. The van der Waals surface area contributed by atoms with E-state index in [2.05, 4.69) is 34.3 Å². The van der Waals surface area contributed by atoms with E-state index in [4.69, 9.17) is 0 Å². The van der Waals surface area contributed by atoms with Gasteiger partial charge in [0, 0.05) is 11.1 Å². The zero-order chi connectivity index (χ0) is 13.8. The van der Waals surface area contributed by atoms with Gasteiger partial charge in [-0.2, -0.15) is 11.3 Å². The van der Waals surface area contributed by atoms with E-state index < -0.39 is 0 Å². The van der Waals surface area contributed by atoms with Crippen molar-refractivity contribution in [3.63, 3.8) is 0 Å². The Hall–Kier alpha value is -2.26. The first-order valence-electron chi connectivity index (χ1n) is 6.45. The van der Waals surface area contributed by atoms with E-state index in [1.807, 2.05) is 30.3 Å². The molecule has 0 bridgehead atoms. The third kappa shape index (κ3) is 2.83. The topological polar surface area (TPSA) is 32.3 Å². The predicted octanol–water partition coefficient (Wildman–Crippen LogP) is 4.66. The van der Waals surface area contributed by atoms with Gasteiger partial charge in [0.05, 0.1) is 6.04 Å². The van der Waals surface area contributed by atoms with E-state index in [0.29, 0.717) is 0 Å². The molecule has 3 aromatic rings. The number of phenols is 1. The summed E-state index contributed by atoms with van der Waals surface area (Å²) in [6.07, 6.45) is 0. The lowest BCUT2D eigenvalue weighted by atomic mass is 9.98. The molecule has 0 fully saturated rings. The van der Waals surface area contributed by atoms with Crippen LogP contribution in [0.3, 0.4) is 0 Å². The van der Waals surface area contributed by atoms with Gasteiger partial charge < -0.3 is 10.4 Å². The minimum Gasteiger partial charge on any atom is -0.508 e. The van der Waals surface area contributed by atoms with Crippen molar-refractivity contribution in [1.29, 1.82) is 0 Å². The molecule has 0 saturated carbocycles. The molecular formula is C17H15NOS. The molecule has 0 radical (unpaired) electrons. The van der Waals surface area contributed by atoms with Crippen molar-refractivity contribution < 1.29 is 5.11 Å². The van der Waals surface area contributed by atoms with Crippen molar-refractivity contribution in [2.45, 2.75) is 6.04 Å². The number of hydrogen-bond donors (Lipinski definition) is 2. The Morgan fingerprint density at radius 2 is 1.55 bits per heavy atom. The Morgan fingerprint density at radius 3 is 2.20 bits per heavy atom. The SMILES string of the molecule is Oc1ccc(C(Nc2ccsc2)c2ccccc2)cc1. The van der Waals surface area contributed by atoms with Crippen LogP contribution in [0.15, 0.2) is 71.4 Å². The lowest BCUT2D eigenvalue weighted by Crippen LogP contribution is -2.11. The van der Waals surface area contributed by atoms with E-state index in [1.54, 1.807) is 23.5 Å². The highest BCUT2D eigenvalue weighted by Crippen LogP contribution is 2.28. The second-order valence-corrected chi connectivity index (χ2v) is 5.37. The maximum absolute atomic E-state index is 9.45. The third-order valence-corrected chi connectivity index (χ3v) is 3.87. The number of aromatic hydroxyl groups is 1. The number of nitrogens with one attached hydrogen (secondary N) is 1. The van der Waals surface area contributed by atoms with Crippen LogP contribution >= 0.6 is 11.3 Å². The van der Waals surface area contributed by atoms with Gasteiger partial charge in [-0.25, -0.2) is 0 Å². The Morgan fingerprint density at radius 1 is 0.850 bits per heavy atom. The fraction of sp³-hybridized carbons (Fsp3) is 0.0588. The number of hydrogen-bond acceptors (Lipinski definition) is 3. The Balaban J connectivity index is 1.97. The van der Waals surface area contributed by atoms with E-state index in [1.165, 1.54) is 5.56 Å². The van der Waals surface area contributed by atoms with Crippen molar-refractivity contribution in [2.24, 2.45) is 0 Å². The molecule has 0 aliphatic heterocycles. The van der Waals surface area contributed by atoms with E-state index in [-0.39, 0.29) is 11.8 Å². The summed E-state index contributed by atoms with van der Waals surface area (Å²) in [5.74, 6) is 0.288. The van der Waals surface area contributed by atoms with Gasteiger partial charge in [-0.3, -0.25) is 0 Å². The minimum atomic E-state index is 0.0754. The van der Waals surface area contributed by atoms with E-state index >= 15 is 0 Å². The number of rotatable bonds is 4. The summed E-state index contributed by atoms with van der Waals surface area (Å²) in [7, 11) is 0. The number of phenolic OH excluding ortho intramolecular Hbond substituents is 1. The van der Waals surface area contributed by atoms with E-state index in [9.17, 15) is 5.11 Å². The predicted molar refractivity (Wildman–Crippen MR) is 84.3 cm³/mol. The van der Waals surface area contributed by atoms with Crippen LogP contribution in [-0.4, -0.2) is 5.11 Å². The van der Waals surface area contributed by atoms with Gasteiger partial charge in [0.2, 0.25) is 0 Å². The number of anilines is 1. The lowest BCUT2D eigenvalue weighted by Gasteiger charge is -2.20. The standard InChI is InChI=1S/C17H15NOS/c19-16-8-6-14(7-9-16)17(13-4-2-1-3-5-13)18-15-10-11-20-12-15/h1-12,17-19H. The summed E-state index contributed by atoms with van der Waals surface area (Å²) in [5, 5.41) is 17.1. The summed E-state index contributed by atoms with van der Waals surface area (Å²) < 4.78 is 0. The molecule has 0 aliphatic rings. The van der Waals surface area contributed by atoms with Gasteiger partial charge in [0.15, 0.2) is 0 Å². The molecular weight excluding hydrogens is 266 g/mol. The summed E-state index contributed by atoms with van der Waals surface area (Å²) in [4.78, 5) is 0. The Labute approximate surface area is 122 Å². The second-order valence-electron chi connectivity index (χ2n) is 4.59. The molecule has 3 rings (SSSR count). The molecule has 3 heteroatoms. The van der Waals surface area contributed by atoms with E-state index in [0.717, 1.165) is 11.3 Å². The van der Waals surface area contributed by atoms with Crippen molar-refractivity contribution in [1.82, 2.24) is 0 Å². The highest BCUT2D eigenvalue weighted by molar-refractivity contribution is 7.08. The largest absolute Gasteiger partial charge is 0.508 e. The highest BCUT2D eigenvalue weighted by atomic mass is 32.1. The van der Waals surface area contributed by atoms with Crippen LogP contribution in [0.2, 0.25) is 0 Å². The monoisotopic (exact) mass is 281 g/mol. The van der Waals surface area contributed by atoms with Crippen molar-refractivity contribution in [3.05, 3.63) is 82.6 Å². The van der Waals surface area contributed by atoms with Crippen LogP contribution < -0.4 is 5.32 Å². The summed E-state index contributed by atoms with van der Waals surface area (Å²) >= 11 is 1.67. The quantitative estimate of drug-likeness (QED) is 0.729. The first kappa shape index (κ1) is 12.8. The molecule has 1 aromatic heterocycles. The fourth-order valence-corrected chi connectivity index (χ4v) is 2.78. The van der Waals surface area contributed by atoms with Crippen LogP contribution in [0.1, 0.15) is 17.2 Å². The Kier molecular flexibility index (Phi) is 3.70. The molecule has 2 nitrogen and oxygen atoms in total. The average molecular weight is 281 g/mol. The second kappa shape index (κ2) is 5.80. The summed E-state index contributed by atoms with van der Waals surface area (Å²) in [5.41, 5.74) is 3.43. The lowest BCUT2D eigenvalue weighted by molar-refractivity contribution is 0.475. The Bertz CT molecular complexity index is 647. The molecule has 0 amide bonds. The number of thiophene rings is 1. The highest BCUT2D eigenvalue weighted by Gasteiger charge is 2.13. The van der Waals surface area contributed by atoms with Gasteiger partial charge in [0.25, 0.3) is 0 Å². The average Bonchev–Trinajstić information content (AvgIpc) is 3.00. The molecule has 1 atom stereocenters. The van der Waals surface area contributed by atoms with Crippen LogP contribution in [0, 0.1) is 0 Å². The maximum atomic E-state index is 9.45. The van der Waals surface area contributed by atoms with Crippen LogP contribution in [0.25, 0.3) is 0 Å². The third-order valence-electron chi connectivity index (χ3n) is 3.19. The summed E-state index contributed by atoms with van der Waals surface area (Å²) in [6.45, 7) is 0. The van der Waals surface area contributed by atoms with Gasteiger partial charge >= 0.3 is 0 Å². The zero-order valence-corrected chi connectivity index (χ0v) is 11.7. The van der Waals surface area contributed by atoms with Crippen LogP contribution in [0.4, 0.5) is 5.69 Å². The van der Waals surface area contributed by atoms with Gasteiger partial charge in [-0.1, -0.05) is 42.5 Å². The number of benzene rings is 2. The van der Waals surface area contributed by atoms with Gasteiger partial charge in [-0.15, -0.1) is 0 Å². The molecule has 1 heterocycles. The normalized spacial score (nSPS) is 12.0. The van der Waals surface area contributed by atoms with Crippen molar-refractivity contribution >= 4 is 17.0 Å². The molecule has 0 spiro atoms. The molecule has 20 heavy (non-hydrogen) atoms. The molecule has 0 saturated heterocycles. The van der Waals surface area contributed by atoms with Crippen molar-refractivity contribution in [3.8, 4) is 5.75 Å². The first-order chi connectivity index (χ1) is 9.83. The molecule has 1 unspecified atom stereocenters. The van der Waals surface area contributed by atoms with Crippen molar-refractivity contribution in [2.75, 3.05) is 5.32 Å². The smallest absolute Gasteiger partial charge is 0.115 e. The maximum Gasteiger partial charge on any atom is 0.115 e. The molecule has 100 valence electrons. The molecule has 2 N–H and O–H groups in total. The molecule has 0 aliphatic carbocycles. The fourth-order valence-electron chi connectivity index (χ4n) is 2.18. The van der Waals surface area contributed by atoms with Gasteiger partial charge in [0.1, 0.15) is 5.75 Å². The van der Waals surface area contributed by atoms with Crippen LogP contribution in [-0.2, 0) is 0 Å². The van der Waals surface area contributed by atoms with Crippen LogP contribution in [0.5, 0.6) is 5.75 Å².